The lowest BCUT2D eigenvalue weighted by Gasteiger charge is -1.99. The van der Waals surface area contributed by atoms with E-state index in [1.165, 1.54) is 11.3 Å². The first-order chi connectivity index (χ1) is 9.22. The molecule has 0 amide bonds. The number of thiazole rings is 1. The smallest absolute Gasteiger partial charge is 0.181 e. The van der Waals surface area contributed by atoms with Gasteiger partial charge in [-0.2, -0.15) is 5.10 Å². The van der Waals surface area contributed by atoms with Gasteiger partial charge in [0.15, 0.2) is 4.34 Å². The van der Waals surface area contributed by atoms with Gasteiger partial charge in [0.2, 0.25) is 0 Å². The van der Waals surface area contributed by atoms with E-state index in [2.05, 4.69) is 10.1 Å². The van der Waals surface area contributed by atoms with E-state index < -0.39 is 10.8 Å². The second-order valence-electron chi connectivity index (χ2n) is 4.03. The Balaban J connectivity index is 1.77. The van der Waals surface area contributed by atoms with Gasteiger partial charge in [0.25, 0.3) is 0 Å². The predicted molar refractivity (Wildman–Crippen MR) is 77.5 cm³/mol. The first kappa shape index (κ1) is 12.3. The van der Waals surface area contributed by atoms with Crippen LogP contribution in [-0.4, -0.2) is 24.7 Å². The summed E-state index contributed by atoms with van der Waals surface area (Å²) in [6, 6.07) is 7.37. The maximum Gasteiger partial charge on any atom is 0.181 e. The third kappa shape index (κ3) is 2.66. The maximum absolute atomic E-state index is 12.2. The van der Waals surface area contributed by atoms with Gasteiger partial charge in [0, 0.05) is 18.1 Å². The Morgan fingerprint density at radius 3 is 3.11 bits per heavy atom. The highest BCUT2D eigenvalue weighted by Crippen LogP contribution is 2.26. The standard InChI is InChI=1S/C12H12N4OS2/c13-9-2-3-10-11(8-9)18-12(15-10)19(17)7-6-16-5-1-4-14-16/h1-5,8H,6-7,13H2. The molecule has 0 spiro atoms. The summed E-state index contributed by atoms with van der Waals surface area (Å²) in [5.41, 5.74) is 7.27. The number of rotatable bonds is 4. The molecule has 0 radical (unpaired) electrons. The van der Waals surface area contributed by atoms with Crippen LogP contribution in [0.15, 0.2) is 41.0 Å². The number of hydrogen-bond acceptors (Lipinski definition) is 5. The molecule has 0 aliphatic rings. The summed E-state index contributed by atoms with van der Waals surface area (Å²) in [4.78, 5) is 4.39. The lowest BCUT2D eigenvalue weighted by atomic mass is 10.3. The Morgan fingerprint density at radius 1 is 1.42 bits per heavy atom. The molecular formula is C12H12N4OS2. The highest BCUT2D eigenvalue weighted by Gasteiger charge is 2.11. The van der Waals surface area contributed by atoms with Gasteiger partial charge < -0.3 is 5.73 Å². The van der Waals surface area contributed by atoms with E-state index in [9.17, 15) is 4.21 Å². The van der Waals surface area contributed by atoms with Crippen LogP contribution >= 0.6 is 11.3 Å². The Kier molecular flexibility index (Phi) is 3.31. The zero-order valence-corrected chi connectivity index (χ0v) is 11.7. The number of aryl methyl sites for hydroxylation is 1. The van der Waals surface area contributed by atoms with Crippen molar-refractivity contribution in [1.29, 1.82) is 0 Å². The van der Waals surface area contributed by atoms with Gasteiger partial charge in [0.1, 0.15) is 0 Å². The summed E-state index contributed by atoms with van der Waals surface area (Å²) in [5.74, 6) is 0.511. The van der Waals surface area contributed by atoms with Crippen molar-refractivity contribution in [2.24, 2.45) is 0 Å². The zero-order chi connectivity index (χ0) is 13.2. The highest BCUT2D eigenvalue weighted by molar-refractivity contribution is 7.87. The van der Waals surface area contributed by atoms with Crippen LogP contribution in [0.2, 0.25) is 0 Å². The van der Waals surface area contributed by atoms with Gasteiger partial charge in [-0.15, -0.1) is 11.3 Å². The van der Waals surface area contributed by atoms with E-state index in [0.29, 0.717) is 22.3 Å². The van der Waals surface area contributed by atoms with Crippen LogP contribution in [0.25, 0.3) is 10.2 Å². The lowest BCUT2D eigenvalue weighted by molar-refractivity contribution is 0.644. The molecule has 19 heavy (non-hydrogen) atoms. The van der Waals surface area contributed by atoms with E-state index in [1.807, 2.05) is 24.4 Å². The monoisotopic (exact) mass is 292 g/mol. The number of nitrogen functional groups attached to an aromatic ring is 1. The van der Waals surface area contributed by atoms with Crippen molar-refractivity contribution in [1.82, 2.24) is 14.8 Å². The van der Waals surface area contributed by atoms with Crippen LogP contribution < -0.4 is 5.73 Å². The van der Waals surface area contributed by atoms with E-state index in [0.717, 1.165) is 10.2 Å². The number of anilines is 1. The number of nitrogens with two attached hydrogens (primary N) is 1. The second kappa shape index (κ2) is 5.10. The van der Waals surface area contributed by atoms with Crippen LogP contribution in [0.1, 0.15) is 0 Å². The van der Waals surface area contributed by atoms with Crippen LogP contribution in [-0.2, 0) is 17.3 Å². The molecule has 2 aromatic heterocycles. The van der Waals surface area contributed by atoms with Gasteiger partial charge >= 0.3 is 0 Å². The minimum atomic E-state index is -1.10. The average molecular weight is 292 g/mol. The number of benzene rings is 1. The molecule has 0 saturated heterocycles. The van der Waals surface area contributed by atoms with Gasteiger partial charge in [0.05, 0.1) is 33.3 Å². The summed E-state index contributed by atoms with van der Waals surface area (Å²) < 4.78 is 15.6. The molecule has 1 unspecified atom stereocenters. The van der Waals surface area contributed by atoms with E-state index in [1.54, 1.807) is 16.9 Å². The van der Waals surface area contributed by atoms with Gasteiger partial charge in [-0.1, -0.05) is 0 Å². The van der Waals surface area contributed by atoms with Crippen molar-refractivity contribution in [2.75, 3.05) is 11.5 Å². The molecule has 3 aromatic rings. The van der Waals surface area contributed by atoms with Crippen molar-refractivity contribution in [3.8, 4) is 0 Å². The highest BCUT2D eigenvalue weighted by atomic mass is 32.2. The van der Waals surface area contributed by atoms with Crippen molar-refractivity contribution in [3.05, 3.63) is 36.7 Å². The second-order valence-corrected chi connectivity index (χ2v) is 6.80. The molecule has 7 heteroatoms. The molecule has 0 aliphatic carbocycles. The average Bonchev–Trinajstić information content (AvgIpc) is 3.04. The first-order valence-electron chi connectivity index (χ1n) is 5.74. The number of fused-ring (bicyclic) bond motifs is 1. The Morgan fingerprint density at radius 2 is 2.32 bits per heavy atom. The Labute approximate surface area is 116 Å². The third-order valence-electron chi connectivity index (χ3n) is 2.65. The van der Waals surface area contributed by atoms with E-state index >= 15 is 0 Å². The summed E-state index contributed by atoms with van der Waals surface area (Å²) in [5, 5.41) is 4.08. The normalized spacial score (nSPS) is 12.8. The molecule has 1 atom stereocenters. The molecule has 0 bridgehead atoms. The topological polar surface area (TPSA) is 73.8 Å². The summed E-state index contributed by atoms with van der Waals surface area (Å²) in [6.45, 7) is 0.623. The maximum atomic E-state index is 12.2. The SMILES string of the molecule is Nc1ccc2nc(S(=O)CCn3cccn3)sc2c1. The predicted octanol–water partition coefficient (Wildman–Crippen LogP) is 1.88. The van der Waals surface area contributed by atoms with Crippen molar-refractivity contribution in [3.63, 3.8) is 0 Å². The summed E-state index contributed by atoms with van der Waals surface area (Å²) in [6.07, 6.45) is 3.57. The Hall–Kier alpha value is -1.73. The van der Waals surface area contributed by atoms with E-state index in [4.69, 9.17) is 5.73 Å². The number of nitrogens with zero attached hydrogens (tertiary/aromatic N) is 3. The summed E-state index contributed by atoms with van der Waals surface area (Å²) >= 11 is 1.44. The summed E-state index contributed by atoms with van der Waals surface area (Å²) in [7, 11) is -1.10. The fourth-order valence-electron chi connectivity index (χ4n) is 1.71. The fraction of sp³-hybridized carbons (Fsp3) is 0.167. The molecule has 1 aromatic carbocycles. The Bertz CT molecular complexity index is 720. The van der Waals surface area contributed by atoms with Crippen LogP contribution in [0.5, 0.6) is 0 Å². The number of hydrogen-bond donors (Lipinski definition) is 1. The number of aromatic nitrogens is 3. The van der Waals surface area contributed by atoms with Crippen LogP contribution in [0, 0.1) is 0 Å². The molecule has 2 heterocycles. The van der Waals surface area contributed by atoms with Crippen LogP contribution in [0.4, 0.5) is 5.69 Å². The molecule has 98 valence electrons. The molecule has 0 saturated carbocycles. The van der Waals surface area contributed by atoms with Gasteiger partial charge in [-0.05, 0) is 24.3 Å². The van der Waals surface area contributed by atoms with Crippen molar-refractivity contribution >= 4 is 38.0 Å². The molecule has 2 N–H and O–H groups in total. The first-order valence-corrected chi connectivity index (χ1v) is 7.88. The van der Waals surface area contributed by atoms with Crippen molar-refractivity contribution in [2.45, 2.75) is 10.9 Å². The van der Waals surface area contributed by atoms with Gasteiger partial charge in [-0.3, -0.25) is 8.89 Å². The zero-order valence-electron chi connectivity index (χ0n) is 10.0. The molecule has 0 aliphatic heterocycles. The minimum Gasteiger partial charge on any atom is -0.399 e. The molecule has 5 nitrogen and oxygen atoms in total. The van der Waals surface area contributed by atoms with Crippen LogP contribution in [0.3, 0.4) is 0 Å². The lowest BCUT2D eigenvalue weighted by Crippen LogP contribution is -2.07. The van der Waals surface area contributed by atoms with Crippen molar-refractivity contribution < 1.29 is 4.21 Å². The van der Waals surface area contributed by atoms with Gasteiger partial charge in [-0.25, -0.2) is 4.98 Å². The minimum absolute atomic E-state index is 0.511. The molecule has 3 rings (SSSR count). The quantitative estimate of drug-likeness (QED) is 0.745. The molecule has 0 fully saturated rings. The largest absolute Gasteiger partial charge is 0.399 e. The fourth-order valence-corrected chi connectivity index (χ4v) is 4.08. The third-order valence-corrected chi connectivity index (χ3v) is 5.31. The molecular weight excluding hydrogens is 280 g/mol. The van der Waals surface area contributed by atoms with E-state index in [-0.39, 0.29) is 0 Å².